The van der Waals surface area contributed by atoms with Gasteiger partial charge in [0.15, 0.2) is 28.6 Å². The zero-order chi connectivity index (χ0) is 34.1. The molecule has 9 N–H and O–H groups in total. The number of Topliss-reactive ketones (excluding diaryl/α,β-unsaturated/α-hetero) is 1. The van der Waals surface area contributed by atoms with E-state index in [1.165, 1.54) is 24.3 Å². The van der Waals surface area contributed by atoms with Gasteiger partial charge in [-0.15, -0.1) is 0 Å². The number of aliphatic hydroxyl groups is 4. The number of ketones is 1. The van der Waals surface area contributed by atoms with Crippen molar-refractivity contribution >= 4 is 23.8 Å². The smallest absolute Gasteiger partial charge is 0.357 e. The van der Waals surface area contributed by atoms with E-state index in [2.05, 4.69) is 0 Å². The Labute approximate surface area is 263 Å². The first-order valence-corrected chi connectivity index (χ1v) is 13.8. The normalized spacial score (nSPS) is 29.4. The van der Waals surface area contributed by atoms with Crippen LogP contribution in [0.2, 0.25) is 0 Å². The molecular weight excluding hydrogens is 628 g/mol. The van der Waals surface area contributed by atoms with Gasteiger partial charge in [0.1, 0.15) is 35.0 Å². The number of carboxylic acid groups (broad SMARTS) is 1. The Morgan fingerprint density at radius 3 is 2.26 bits per heavy atom. The van der Waals surface area contributed by atoms with E-state index in [0.29, 0.717) is 0 Å². The maximum absolute atomic E-state index is 13.7. The molecule has 3 aromatic rings. The second-order valence-corrected chi connectivity index (χ2v) is 11.3. The third-order valence-corrected chi connectivity index (χ3v) is 8.07. The van der Waals surface area contributed by atoms with Crippen molar-refractivity contribution in [3.8, 4) is 40.2 Å². The van der Waals surface area contributed by atoms with Crippen molar-refractivity contribution in [3.05, 3.63) is 71.3 Å². The first-order chi connectivity index (χ1) is 22.1. The van der Waals surface area contributed by atoms with Crippen LogP contribution in [0, 0.1) is 0 Å². The molecule has 6 atom stereocenters. The van der Waals surface area contributed by atoms with Gasteiger partial charge in [-0.25, -0.2) is 9.59 Å². The molecule has 0 spiro atoms. The summed E-state index contributed by atoms with van der Waals surface area (Å²) in [6, 6.07) is 8.82. The van der Waals surface area contributed by atoms with Crippen LogP contribution in [0.15, 0.2) is 54.6 Å². The fourth-order valence-corrected chi connectivity index (χ4v) is 5.68. The van der Waals surface area contributed by atoms with Gasteiger partial charge in [-0.2, -0.15) is 0 Å². The van der Waals surface area contributed by atoms with E-state index >= 15 is 0 Å². The number of phenols is 4. The van der Waals surface area contributed by atoms with E-state index in [-0.39, 0.29) is 22.6 Å². The van der Waals surface area contributed by atoms with E-state index in [4.69, 9.17) is 18.9 Å². The Morgan fingerprint density at radius 2 is 1.55 bits per heavy atom. The molecule has 0 radical (unpaired) electrons. The number of hydrogen-bond donors (Lipinski definition) is 9. The molecule has 0 aromatic heterocycles. The number of esters is 1. The molecule has 1 saturated carbocycles. The molecule has 3 aliphatic rings. The van der Waals surface area contributed by atoms with Crippen LogP contribution in [-0.2, 0) is 20.1 Å². The first-order valence-electron chi connectivity index (χ1n) is 13.8. The average Bonchev–Trinajstić information content (AvgIpc) is 2.99. The Bertz CT molecular complexity index is 1850. The lowest BCUT2D eigenvalue weighted by molar-refractivity contribution is -0.316. The molecule has 246 valence electrons. The van der Waals surface area contributed by atoms with Crippen LogP contribution in [0.1, 0.15) is 34.3 Å². The predicted molar refractivity (Wildman–Crippen MR) is 152 cm³/mol. The van der Waals surface area contributed by atoms with Crippen molar-refractivity contribution in [2.45, 2.75) is 48.3 Å². The molecule has 0 amide bonds. The number of phenolic OH excluding ortho intramolecular Hbond substituents is 4. The number of hydrogen-bond acceptors (Lipinski definition) is 15. The Balaban J connectivity index is 1.34. The highest BCUT2D eigenvalue weighted by molar-refractivity contribution is 6.08. The second-order valence-electron chi connectivity index (χ2n) is 11.3. The fraction of sp³-hybridized carbons (Fsp3) is 0.258. The molecule has 47 heavy (non-hydrogen) atoms. The molecule has 0 bridgehead atoms. The van der Waals surface area contributed by atoms with Gasteiger partial charge >= 0.3 is 23.5 Å². The van der Waals surface area contributed by atoms with Crippen molar-refractivity contribution in [3.63, 3.8) is 0 Å². The van der Waals surface area contributed by atoms with Gasteiger partial charge in [0, 0.05) is 36.6 Å². The summed E-state index contributed by atoms with van der Waals surface area (Å²) in [6.45, 7) is 0. The molecule has 1 fully saturated rings. The van der Waals surface area contributed by atoms with Crippen molar-refractivity contribution in [1.29, 1.82) is 0 Å². The van der Waals surface area contributed by atoms with Gasteiger partial charge in [-0.1, -0.05) is 6.07 Å². The summed E-state index contributed by atoms with van der Waals surface area (Å²) in [5, 5.41) is 92.2. The molecule has 1 aliphatic carbocycles. The number of rotatable bonds is 5. The van der Waals surface area contributed by atoms with E-state index in [0.717, 1.165) is 36.4 Å². The van der Waals surface area contributed by atoms with Crippen LogP contribution in [0.25, 0.3) is 6.08 Å². The highest BCUT2D eigenvalue weighted by Gasteiger charge is 2.71. The van der Waals surface area contributed by atoms with Crippen molar-refractivity contribution in [2.75, 3.05) is 0 Å². The summed E-state index contributed by atoms with van der Waals surface area (Å²) in [4.78, 5) is 37.8. The first kappa shape index (κ1) is 31.4. The van der Waals surface area contributed by atoms with Gasteiger partial charge in [0.2, 0.25) is 0 Å². The van der Waals surface area contributed by atoms with Gasteiger partial charge in [-0.3, -0.25) is 4.79 Å². The van der Waals surface area contributed by atoms with Gasteiger partial charge in [0.25, 0.3) is 5.78 Å². The number of aromatic hydroxyl groups is 4. The van der Waals surface area contributed by atoms with Crippen LogP contribution in [0.3, 0.4) is 0 Å². The van der Waals surface area contributed by atoms with Crippen LogP contribution >= 0.6 is 0 Å². The van der Waals surface area contributed by atoms with Crippen molar-refractivity contribution < 1.29 is 79.3 Å². The topological polar surface area (TPSA) is 270 Å². The fourth-order valence-electron chi connectivity index (χ4n) is 5.68. The summed E-state index contributed by atoms with van der Waals surface area (Å²) in [5.41, 5.74) is -3.01. The second kappa shape index (κ2) is 10.8. The van der Waals surface area contributed by atoms with E-state index in [9.17, 15) is 60.3 Å². The number of aliphatic hydroxyl groups excluding tert-OH is 2. The van der Waals surface area contributed by atoms with Gasteiger partial charge in [-0.05, 0) is 42.0 Å². The lowest BCUT2D eigenvalue weighted by Gasteiger charge is -2.50. The lowest BCUT2D eigenvalue weighted by Crippen LogP contribution is -2.70. The summed E-state index contributed by atoms with van der Waals surface area (Å²) in [6.07, 6.45) is -4.15. The number of ether oxygens (including phenoxy) is 4. The maximum atomic E-state index is 13.7. The molecule has 16 nitrogen and oxygen atoms in total. The minimum Gasteiger partial charge on any atom is -0.508 e. The third kappa shape index (κ3) is 4.99. The van der Waals surface area contributed by atoms with Crippen LogP contribution in [0.5, 0.6) is 40.2 Å². The van der Waals surface area contributed by atoms with E-state index < -0.39 is 100 Å². The number of carbonyl (C=O) groups is 3. The molecule has 6 rings (SSSR count). The Hall–Kier alpha value is -5.55. The molecule has 16 heteroatoms. The van der Waals surface area contributed by atoms with Crippen LogP contribution in [0.4, 0.5) is 0 Å². The third-order valence-electron chi connectivity index (χ3n) is 8.07. The highest BCUT2D eigenvalue weighted by atomic mass is 16.8. The average molecular weight is 655 g/mol. The zero-order valence-electron chi connectivity index (χ0n) is 23.8. The molecule has 2 heterocycles. The zero-order valence-corrected chi connectivity index (χ0v) is 23.8. The van der Waals surface area contributed by atoms with E-state index in [1.54, 1.807) is 0 Å². The summed E-state index contributed by atoms with van der Waals surface area (Å²) in [5.74, 6) is -13.0. The summed E-state index contributed by atoms with van der Waals surface area (Å²) < 4.78 is 22.9. The van der Waals surface area contributed by atoms with E-state index in [1.807, 2.05) is 0 Å². The SMILES string of the molecule is O=C(/C=C/c1ccc2c(c1)OC1(c3ccc(O)c(O)c3)Oc3cc(O)cc(O)c3C(=O)C1(O)O2)O[C@@H]1C[C@](O)(C(=O)O)C[C@@H](O)[C@H]1O. The van der Waals surface area contributed by atoms with Crippen molar-refractivity contribution in [1.82, 2.24) is 0 Å². The minimum absolute atomic E-state index is 0.185. The molecule has 0 saturated heterocycles. The van der Waals surface area contributed by atoms with Crippen LogP contribution < -0.4 is 14.2 Å². The number of aliphatic carboxylic acids is 1. The Kier molecular flexibility index (Phi) is 7.20. The highest BCUT2D eigenvalue weighted by Crippen LogP contribution is 2.55. The molecular formula is C31H26O16. The molecule has 2 unspecified atom stereocenters. The molecule has 2 aliphatic heterocycles. The number of fused-ring (bicyclic) bond motifs is 3. The lowest BCUT2D eigenvalue weighted by atomic mass is 9.79. The standard InChI is InChI=1S/C31H26O16/c32-15-9-18(35)25-22(10-15)47-31(14-3-4-16(33)17(34)8-14)30(43,27(25)39)45-20-5-1-13(7-21(20)46-31)2-6-24(37)44-23-12-29(42,28(40)41)11-19(36)26(23)38/h1-10,19,23,26,32-36,38,42-43H,11-12H2,(H,40,41)/b6-2+/t19-,23-,26-,29+,30?,31?/m1/s1. The summed E-state index contributed by atoms with van der Waals surface area (Å²) >= 11 is 0. The number of carbonyl (C=O) groups excluding carboxylic acids is 2. The Morgan fingerprint density at radius 1 is 0.830 bits per heavy atom. The maximum Gasteiger partial charge on any atom is 0.357 e. The monoisotopic (exact) mass is 654 g/mol. The molecule has 3 aromatic carbocycles. The predicted octanol–water partition coefficient (Wildman–Crippen LogP) is 0.353. The van der Waals surface area contributed by atoms with Gasteiger partial charge < -0.3 is 64.9 Å². The minimum atomic E-state index is -3.06. The van der Waals surface area contributed by atoms with Crippen LogP contribution in [-0.4, -0.2) is 93.4 Å². The number of carboxylic acids is 1. The number of benzene rings is 3. The summed E-state index contributed by atoms with van der Waals surface area (Å²) in [7, 11) is 0. The largest absolute Gasteiger partial charge is 0.508 e. The quantitative estimate of drug-likeness (QED) is 0.102. The van der Waals surface area contributed by atoms with Gasteiger partial charge in [0.05, 0.1) is 6.10 Å². The van der Waals surface area contributed by atoms with Crippen molar-refractivity contribution in [2.24, 2.45) is 0 Å².